The Morgan fingerprint density at radius 3 is 1.29 bits per heavy atom. The van der Waals surface area contributed by atoms with Crippen LogP contribution in [0.4, 0.5) is 0 Å². The maximum Gasteiger partial charge on any atom is 0.244 e. The Morgan fingerprint density at radius 2 is 0.958 bits per heavy atom. The average Bonchev–Trinajstić information content (AvgIpc) is 2.62. The number of carbonyl (C=O) groups is 2. The largest absolute Gasteiger partial charge is 0.273 e. The summed E-state index contributed by atoms with van der Waals surface area (Å²) in [5, 5.41) is 3.68. The third-order valence-corrected chi connectivity index (χ3v) is 6.52. The minimum absolute atomic E-state index is 0.140. The smallest absolute Gasteiger partial charge is 0.244 e. The fourth-order valence-corrected chi connectivity index (χ4v) is 4.66. The van der Waals surface area contributed by atoms with Crippen molar-refractivity contribution in [2.75, 3.05) is 13.1 Å². The minimum atomic E-state index is 0.140. The highest BCUT2D eigenvalue weighted by Crippen LogP contribution is 2.33. The van der Waals surface area contributed by atoms with Crippen molar-refractivity contribution in [1.29, 1.82) is 0 Å². The summed E-state index contributed by atoms with van der Waals surface area (Å²) in [6.45, 7) is 6.03. The predicted molar refractivity (Wildman–Crippen MR) is 94.9 cm³/mol. The molecule has 136 valence electrons. The summed E-state index contributed by atoms with van der Waals surface area (Å²) in [4.78, 5) is 26.1. The summed E-state index contributed by atoms with van der Waals surface area (Å²) in [6.07, 6.45) is 10.7. The number of hydrogen-bond acceptors (Lipinski definition) is 2. The van der Waals surface area contributed by atoms with Gasteiger partial charge in [0.2, 0.25) is 11.8 Å². The van der Waals surface area contributed by atoms with Crippen molar-refractivity contribution in [2.45, 2.75) is 78.1 Å². The van der Waals surface area contributed by atoms with Crippen LogP contribution >= 0.6 is 0 Å². The summed E-state index contributed by atoms with van der Waals surface area (Å²) in [7, 11) is 0. The van der Waals surface area contributed by atoms with Crippen LogP contribution in [0.2, 0.25) is 0 Å². The SMILES string of the molecule is CC1CCC(C(=O)N2CCCCN2C(=O)C2CCC(C)CC2)CC1. The molecule has 4 heteroatoms. The van der Waals surface area contributed by atoms with Gasteiger partial charge in [-0.25, -0.2) is 0 Å². The van der Waals surface area contributed by atoms with Gasteiger partial charge >= 0.3 is 0 Å². The van der Waals surface area contributed by atoms with E-state index in [0.29, 0.717) is 0 Å². The molecule has 3 rings (SSSR count). The van der Waals surface area contributed by atoms with Gasteiger partial charge in [0, 0.05) is 24.9 Å². The second-order valence-corrected chi connectivity index (χ2v) is 8.54. The van der Waals surface area contributed by atoms with E-state index >= 15 is 0 Å². The molecule has 1 aliphatic heterocycles. The molecule has 24 heavy (non-hydrogen) atoms. The molecule has 1 heterocycles. The van der Waals surface area contributed by atoms with Crippen LogP contribution in [0.25, 0.3) is 0 Å². The molecular formula is C20H34N2O2. The summed E-state index contributed by atoms with van der Waals surface area (Å²) < 4.78 is 0. The Kier molecular flexibility index (Phi) is 5.83. The number of hydrazine groups is 1. The lowest BCUT2D eigenvalue weighted by molar-refractivity contribution is -0.174. The fourth-order valence-electron chi connectivity index (χ4n) is 4.66. The van der Waals surface area contributed by atoms with E-state index in [9.17, 15) is 9.59 Å². The zero-order valence-corrected chi connectivity index (χ0v) is 15.5. The molecule has 0 spiro atoms. The normalized spacial score (nSPS) is 34.9. The maximum absolute atomic E-state index is 13.0. The van der Waals surface area contributed by atoms with Gasteiger partial charge in [-0.1, -0.05) is 13.8 Å². The van der Waals surface area contributed by atoms with Gasteiger partial charge in [0.25, 0.3) is 0 Å². The highest BCUT2D eigenvalue weighted by Gasteiger charge is 2.37. The Bertz CT molecular complexity index is 407. The van der Waals surface area contributed by atoms with E-state index in [1.165, 1.54) is 0 Å². The molecular weight excluding hydrogens is 300 g/mol. The Labute approximate surface area is 146 Å². The van der Waals surface area contributed by atoms with E-state index in [4.69, 9.17) is 0 Å². The van der Waals surface area contributed by atoms with Crippen LogP contribution in [-0.2, 0) is 9.59 Å². The molecule has 0 atom stereocenters. The van der Waals surface area contributed by atoms with Crippen molar-refractivity contribution in [3.8, 4) is 0 Å². The summed E-state index contributed by atoms with van der Waals surface area (Å²) in [5.41, 5.74) is 0. The molecule has 1 saturated heterocycles. The lowest BCUT2D eigenvalue weighted by Gasteiger charge is -2.43. The van der Waals surface area contributed by atoms with E-state index in [-0.39, 0.29) is 23.7 Å². The number of amides is 2. The Hall–Kier alpha value is -1.06. The van der Waals surface area contributed by atoms with Gasteiger partial charge in [0.05, 0.1) is 0 Å². The van der Waals surface area contributed by atoms with Crippen LogP contribution in [0.15, 0.2) is 0 Å². The van der Waals surface area contributed by atoms with Crippen LogP contribution in [0.5, 0.6) is 0 Å². The number of nitrogens with zero attached hydrogens (tertiary/aromatic N) is 2. The monoisotopic (exact) mass is 334 g/mol. The predicted octanol–water partition coefficient (Wildman–Crippen LogP) is 4.01. The van der Waals surface area contributed by atoms with Crippen molar-refractivity contribution < 1.29 is 9.59 Å². The number of hydrogen-bond donors (Lipinski definition) is 0. The first-order valence-electron chi connectivity index (χ1n) is 10.2. The molecule has 4 nitrogen and oxygen atoms in total. The fraction of sp³-hybridized carbons (Fsp3) is 0.900. The molecule has 2 aliphatic carbocycles. The summed E-state index contributed by atoms with van der Waals surface area (Å²) in [5.74, 6) is 2.22. The molecule has 0 unspecified atom stereocenters. The molecule has 0 N–H and O–H groups in total. The highest BCUT2D eigenvalue weighted by atomic mass is 16.2. The van der Waals surface area contributed by atoms with Crippen molar-refractivity contribution in [1.82, 2.24) is 10.0 Å². The van der Waals surface area contributed by atoms with E-state index in [2.05, 4.69) is 13.8 Å². The van der Waals surface area contributed by atoms with Gasteiger partial charge < -0.3 is 0 Å². The average molecular weight is 335 g/mol. The minimum Gasteiger partial charge on any atom is -0.273 e. The third-order valence-electron chi connectivity index (χ3n) is 6.52. The molecule has 3 aliphatic rings. The standard InChI is InChI=1S/C20H34N2O2/c1-15-5-9-17(10-6-15)19(23)21-13-3-4-14-22(21)20(24)18-11-7-16(2)8-12-18/h15-18H,3-14H2,1-2H3. The summed E-state index contributed by atoms with van der Waals surface area (Å²) in [6, 6.07) is 0. The molecule has 0 bridgehead atoms. The van der Waals surface area contributed by atoms with Crippen molar-refractivity contribution in [2.24, 2.45) is 23.7 Å². The van der Waals surface area contributed by atoms with Crippen molar-refractivity contribution >= 4 is 11.8 Å². The van der Waals surface area contributed by atoms with Crippen LogP contribution in [0.1, 0.15) is 78.1 Å². The van der Waals surface area contributed by atoms with E-state index in [1.54, 1.807) is 0 Å². The van der Waals surface area contributed by atoms with Crippen LogP contribution < -0.4 is 0 Å². The highest BCUT2D eigenvalue weighted by molar-refractivity contribution is 5.85. The van der Waals surface area contributed by atoms with Crippen LogP contribution in [0, 0.1) is 23.7 Å². The zero-order chi connectivity index (χ0) is 17.1. The van der Waals surface area contributed by atoms with Gasteiger partial charge in [-0.2, -0.15) is 0 Å². The second-order valence-electron chi connectivity index (χ2n) is 8.54. The zero-order valence-electron chi connectivity index (χ0n) is 15.5. The first kappa shape index (κ1) is 17.8. The molecule has 2 saturated carbocycles. The van der Waals surface area contributed by atoms with Crippen molar-refractivity contribution in [3.05, 3.63) is 0 Å². The number of carbonyl (C=O) groups excluding carboxylic acids is 2. The second kappa shape index (κ2) is 7.88. The summed E-state index contributed by atoms with van der Waals surface area (Å²) >= 11 is 0. The Balaban J connectivity index is 1.64. The van der Waals surface area contributed by atoms with Gasteiger partial charge in [0.15, 0.2) is 0 Å². The Morgan fingerprint density at radius 1 is 0.625 bits per heavy atom. The van der Waals surface area contributed by atoms with Gasteiger partial charge in [-0.05, 0) is 76.0 Å². The lowest BCUT2D eigenvalue weighted by Crippen LogP contribution is -2.56. The van der Waals surface area contributed by atoms with Crippen molar-refractivity contribution in [3.63, 3.8) is 0 Å². The quantitative estimate of drug-likeness (QED) is 0.765. The van der Waals surface area contributed by atoms with Gasteiger partial charge in [-0.3, -0.25) is 19.6 Å². The molecule has 0 aromatic rings. The van der Waals surface area contributed by atoms with Crippen LogP contribution in [0.3, 0.4) is 0 Å². The first-order chi connectivity index (χ1) is 11.6. The molecule has 0 radical (unpaired) electrons. The van der Waals surface area contributed by atoms with E-state index < -0.39 is 0 Å². The first-order valence-corrected chi connectivity index (χ1v) is 10.2. The van der Waals surface area contributed by atoms with E-state index in [1.807, 2.05) is 10.0 Å². The molecule has 3 fully saturated rings. The number of rotatable bonds is 2. The lowest BCUT2D eigenvalue weighted by atomic mass is 9.82. The molecule has 0 aromatic carbocycles. The van der Waals surface area contributed by atoms with Gasteiger partial charge in [-0.15, -0.1) is 0 Å². The third kappa shape index (κ3) is 3.94. The van der Waals surface area contributed by atoms with Crippen LogP contribution in [-0.4, -0.2) is 34.9 Å². The van der Waals surface area contributed by atoms with Gasteiger partial charge in [0.1, 0.15) is 0 Å². The topological polar surface area (TPSA) is 40.6 Å². The maximum atomic E-state index is 13.0. The van der Waals surface area contributed by atoms with E-state index in [0.717, 1.165) is 89.1 Å². The molecule has 0 aromatic heterocycles. The molecule has 2 amide bonds.